The van der Waals surface area contributed by atoms with Crippen LogP contribution in [0.4, 0.5) is 8.78 Å². The molecule has 0 unspecified atom stereocenters. The lowest BCUT2D eigenvalue weighted by Gasteiger charge is -2.62. The van der Waals surface area contributed by atoms with Gasteiger partial charge in [0.1, 0.15) is 0 Å². The van der Waals surface area contributed by atoms with E-state index in [9.17, 15) is 8.78 Å². The molecule has 3 aliphatic carbocycles. The molecule has 0 radical (unpaired) electrons. The molecule has 0 atom stereocenters. The number of hydrogen-bond donors (Lipinski definition) is 0. The zero-order chi connectivity index (χ0) is 49.2. The Labute approximate surface area is 383 Å². The van der Waals surface area contributed by atoms with E-state index in [1.165, 1.54) is 38.5 Å². The molecule has 2 nitrogen and oxygen atoms in total. The Balaban J connectivity index is 0.000000382. The smallest absolute Gasteiger partial charge is 0.249 e. The number of halogens is 2. The first-order valence-electron chi connectivity index (χ1n) is 24.8. The van der Waals surface area contributed by atoms with E-state index >= 15 is 0 Å². The fourth-order valence-electron chi connectivity index (χ4n) is 13.8. The van der Waals surface area contributed by atoms with E-state index in [4.69, 9.17) is 9.47 Å². The Bertz CT molecular complexity index is 1190. The van der Waals surface area contributed by atoms with Crippen LogP contribution in [0.3, 0.4) is 0 Å². The number of alkyl halides is 2. The summed E-state index contributed by atoms with van der Waals surface area (Å²) in [6.45, 7) is 71.5. The van der Waals surface area contributed by atoms with Gasteiger partial charge in [-0.15, -0.1) is 0 Å². The maximum Gasteiger partial charge on any atom is 0.249 e. The third kappa shape index (κ3) is 11.7. The summed E-state index contributed by atoms with van der Waals surface area (Å²) in [6, 6.07) is 0. The highest BCUT2D eigenvalue weighted by molar-refractivity contribution is 5.11. The molecule has 0 spiro atoms. The summed E-state index contributed by atoms with van der Waals surface area (Å²) in [7, 11) is 0. The zero-order valence-electron chi connectivity index (χ0n) is 47.4. The summed E-state index contributed by atoms with van der Waals surface area (Å²) in [6.07, 6.45) is 8.47. The van der Waals surface area contributed by atoms with Crippen LogP contribution in [0.2, 0.25) is 0 Å². The molecule has 0 aromatic heterocycles. The molecule has 0 aromatic rings. The van der Waals surface area contributed by atoms with Gasteiger partial charge in [0, 0.05) is 24.7 Å². The third-order valence-corrected chi connectivity index (χ3v) is 18.5. The minimum absolute atomic E-state index is 0.0486. The molecule has 2 saturated heterocycles. The minimum Gasteiger partial charge on any atom is -0.380 e. The lowest BCUT2D eigenvalue weighted by atomic mass is 9.44. The average molecular weight is 868 g/mol. The highest BCUT2D eigenvalue weighted by Gasteiger charge is 2.66. The van der Waals surface area contributed by atoms with Crippen LogP contribution in [-0.4, -0.2) is 31.3 Å². The van der Waals surface area contributed by atoms with Crippen molar-refractivity contribution in [2.24, 2.45) is 75.8 Å². The van der Waals surface area contributed by atoms with Crippen molar-refractivity contribution >= 4 is 0 Å². The summed E-state index contributed by atoms with van der Waals surface area (Å²) < 4.78 is 37.4. The fraction of sp³-hybridized carbons (Fsp3) is 1.00. The summed E-state index contributed by atoms with van der Waals surface area (Å²) in [4.78, 5) is 0. The molecule has 4 heteroatoms. The number of rotatable bonds is 0. The summed E-state index contributed by atoms with van der Waals surface area (Å²) in [5.74, 6) is -2.43. The predicted octanol–water partition coefficient (Wildman–Crippen LogP) is 18.9. The summed E-state index contributed by atoms with van der Waals surface area (Å²) >= 11 is 0. The molecule has 0 amide bonds. The second-order valence-corrected chi connectivity index (χ2v) is 31.3. The van der Waals surface area contributed by atoms with Gasteiger partial charge < -0.3 is 9.47 Å². The van der Waals surface area contributed by atoms with Gasteiger partial charge in [0.15, 0.2) is 0 Å². The highest BCUT2D eigenvalue weighted by Crippen LogP contribution is 2.69. The van der Waals surface area contributed by atoms with Crippen molar-refractivity contribution < 1.29 is 18.3 Å². The van der Waals surface area contributed by atoms with Gasteiger partial charge in [0.05, 0.1) is 25.4 Å². The van der Waals surface area contributed by atoms with Crippen LogP contribution in [0, 0.1) is 75.8 Å². The summed E-state index contributed by atoms with van der Waals surface area (Å²) in [5.41, 5.74) is 4.52. The molecule has 366 valence electrons. The minimum atomic E-state index is -2.43. The largest absolute Gasteiger partial charge is 0.380 e. The second-order valence-electron chi connectivity index (χ2n) is 31.3. The molecule has 5 aliphatic rings. The molecule has 2 aliphatic heterocycles. The van der Waals surface area contributed by atoms with E-state index in [1.54, 1.807) is 0 Å². The van der Waals surface area contributed by atoms with Crippen molar-refractivity contribution in [3.05, 3.63) is 0 Å². The Kier molecular flexibility index (Phi) is 16.8. The maximum atomic E-state index is 13.1. The van der Waals surface area contributed by atoms with E-state index in [0.29, 0.717) is 48.7 Å². The van der Waals surface area contributed by atoms with Crippen molar-refractivity contribution in [1.29, 1.82) is 0 Å². The van der Waals surface area contributed by atoms with Gasteiger partial charge in [-0.3, -0.25) is 0 Å². The van der Waals surface area contributed by atoms with Gasteiger partial charge in [-0.05, 0) is 96.1 Å². The molecule has 0 aromatic carbocycles. The Hall–Kier alpha value is -0.220. The topological polar surface area (TPSA) is 18.5 Å². The molecule has 5 fully saturated rings. The number of ether oxygens (including phenoxy) is 2. The van der Waals surface area contributed by atoms with E-state index in [0.717, 1.165) is 19.8 Å². The number of hydrogen-bond acceptors (Lipinski definition) is 2. The van der Waals surface area contributed by atoms with Crippen LogP contribution in [0.15, 0.2) is 0 Å². The summed E-state index contributed by atoms with van der Waals surface area (Å²) in [5, 5.41) is 0. The van der Waals surface area contributed by atoms with Crippen molar-refractivity contribution in [2.45, 2.75) is 271 Å². The van der Waals surface area contributed by atoms with E-state index in [2.05, 4.69) is 208 Å². The molecular weight excluding hydrogens is 755 g/mol. The van der Waals surface area contributed by atoms with Crippen LogP contribution in [0.5, 0.6) is 0 Å². The van der Waals surface area contributed by atoms with E-state index in [1.807, 2.05) is 0 Å². The SMILES string of the molecule is CC(C)(C)C1(C(C)(C)C)CC(F)(F)C1.CC(C)(C)C1(C(C)(C)C)CC1.CC(C)(C)C1(C(C)(C)C)CCC1.CC(C)(C)C1(C(C)(C)C)CCO1.CC(C)(C)C1(C(C)(C)C)COC1. The predicted molar refractivity (Wildman–Crippen MR) is 266 cm³/mol. The lowest BCUT2D eigenvalue weighted by molar-refractivity contribution is -0.258. The molecule has 61 heavy (non-hydrogen) atoms. The Morgan fingerprint density at radius 2 is 0.557 bits per heavy atom. The standard InChI is InChI=1S/C12H22F2.C12H24.2C11H22O.C11H22/c1-9(2,3)11(10(4,5)6)7-12(13,14)8-11;1-10(2,3)12(8-7-9-12)11(4,5)6;1-9(2,3)11(7-12-8-11)10(4,5)6;1-9(2,3)11(7-8-12-11)10(4,5)6;1-9(2,3)11(7-8-11)10(4,5)6/h7-8H2,1-6H3;7-9H2,1-6H3;2*7-8H2,1-6H3;7-8H2,1-6H3. The highest BCUT2D eigenvalue weighted by atomic mass is 19.3. The van der Waals surface area contributed by atoms with Crippen molar-refractivity contribution in [1.82, 2.24) is 0 Å². The maximum absolute atomic E-state index is 13.1. The first kappa shape index (κ1) is 58.8. The second kappa shape index (κ2) is 17.5. The Morgan fingerprint density at radius 1 is 0.311 bits per heavy atom. The van der Waals surface area contributed by atoms with Gasteiger partial charge in [0.25, 0.3) is 0 Å². The van der Waals surface area contributed by atoms with Gasteiger partial charge in [-0.25, -0.2) is 8.78 Å². The van der Waals surface area contributed by atoms with Crippen LogP contribution < -0.4 is 0 Å². The lowest BCUT2D eigenvalue weighted by Crippen LogP contribution is -2.61. The quantitative estimate of drug-likeness (QED) is 0.242. The van der Waals surface area contributed by atoms with E-state index in [-0.39, 0.29) is 45.5 Å². The van der Waals surface area contributed by atoms with Gasteiger partial charge in [0.2, 0.25) is 5.92 Å². The van der Waals surface area contributed by atoms with Gasteiger partial charge in [-0.1, -0.05) is 214 Å². The van der Waals surface area contributed by atoms with Crippen LogP contribution in [-0.2, 0) is 9.47 Å². The fourth-order valence-corrected chi connectivity index (χ4v) is 13.8. The molecule has 3 saturated carbocycles. The van der Waals surface area contributed by atoms with Crippen molar-refractivity contribution in [3.63, 3.8) is 0 Å². The normalized spacial score (nSPS) is 24.0. The average Bonchev–Trinajstić information content (AvgIpc) is 3.62. The van der Waals surface area contributed by atoms with Crippen LogP contribution in [0.25, 0.3) is 0 Å². The zero-order valence-corrected chi connectivity index (χ0v) is 47.4. The van der Waals surface area contributed by atoms with Crippen molar-refractivity contribution in [2.75, 3.05) is 19.8 Å². The Morgan fingerprint density at radius 3 is 0.574 bits per heavy atom. The monoisotopic (exact) mass is 867 g/mol. The van der Waals surface area contributed by atoms with Crippen LogP contribution in [0.1, 0.15) is 259 Å². The van der Waals surface area contributed by atoms with Gasteiger partial charge in [-0.2, -0.15) is 0 Å². The molecule has 5 rings (SSSR count). The van der Waals surface area contributed by atoms with Crippen molar-refractivity contribution in [3.8, 4) is 0 Å². The van der Waals surface area contributed by atoms with Gasteiger partial charge >= 0.3 is 0 Å². The molecule has 0 bridgehead atoms. The van der Waals surface area contributed by atoms with Crippen LogP contribution >= 0.6 is 0 Å². The molecule has 2 heterocycles. The first-order chi connectivity index (χ1) is 26.2. The van der Waals surface area contributed by atoms with E-state index < -0.39 is 5.92 Å². The first-order valence-corrected chi connectivity index (χ1v) is 24.8. The molecular formula is C57H112F2O2. The molecule has 0 N–H and O–H groups in total. The third-order valence-electron chi connectivity index (χ3n) is 18.5.